The predicted octanol–water partition coefficient (Wildman–Crippen LogP) is 1.48. The number of nitrogens with one attached hydrogen (secondary N) is 1. The van der Waals surface area contributed by atoms with Crippen LogP contribution in [0.3, 0.4) is 0 Å². The first-order valence-corrected chi connectivity index (χ1v) is 6.30. The Bertz CT molecular complexity index is 478. The van der Waals surface area contributed by atoms with Gasteiger partial charge in [-0.3, -0.25) is 14.4 Å². The summed E-state index contributed by atoms with van der Waals surface area (Å²) >= 11 is 3.40. The van der Waals surface area contributed by atoms with Crippen LogP contribution in [0.25, 0.3) is 0 Å². The van der Waals surface area contributed by atoms with Gasteiger partial charge in [-0.15, -0.1) is 0 Å². The lowest BCUT2D eigenvalue weighted by molar-refractivity contribution is -0.135. The first kappa shape index (κ1) is 13.0. The summed E-state index contributed by atoms with van der Waals surface area (Å²) in [4.78, 5) is 29.7. The van der Waals surface area contributed by atoms with E-state index >= 15 is 0 Å². The summed E-state index contributed by atoms with van der Waals surface area (Å²) in [6.45, 7) is 0.372. The second-order valence-electron chi connectivity index (χ2n) is 4.03. The molecule has 1 aliphatic rings. The number of benzene rings is 1. The van der Waals surface area contributed by atoms with Crippen LogP contribution in [0.2, 0.25) is 0 Å². The van der Waals surface area contributed by atoms with Gasteiger partial charge in [0, 0.05) is 17.4 Å². The number of carbonyl (C=O) groups excluding carboxylic acids is 2. The highest BCUT2D eigenvalue weighted by molar-refractivity contribution is 9.10. The Kier molecular flexibility index (Phi) is 3.98. The lowest BCUT2D eigenvalue weighted by atomic mass is 10.1. The van der Waals surface area contributed by atoms with Crippen LogP contribution in [0.5, 0.6) is 0 Å². The van der Waals surface area contributed by atoms with E-state index in [0.29, 0.717) is 6.54 Å². The van der Waals surface area contributed by atoms with E-state index in [0.717, 1.165) is 10.2 Å². The number of hydroxylamine groups is 1. The Hall–Kier alpha value is -1.40. The molecule has 18 heavy (non-hydrogen) atoms. The van der Waals surface area contributed by atoms with E-state index in [1.807, 2.05) is 24.3 Å². The maximum atomic E-state index is 11.9. The number of rotatable bonds is 3. The lowest BCUT2D eigenvalue weighted by Crippen LogP contribution is -2.32. The van der Waals surface area contributed by atoms with Gasteiger partial charge in [0.05, 0.1) is 18.7 Å². The molecule has 1 N–H and O–H groups in total. The second kappa shape index (κ2) is 5.49. The van der Waals surface area contributed by atoms with Crippen LogP contribution in [0.4, 0.5) is 5.69 Å². The van der Waals surface area contributed by atoms with Crippen LogP contribution in [-0.2, 0) is 14.4 Å². The SMILES string of the molecule is CONC(=O)[C@@H]1CC(=O)N(c2ccccc2Br)C1. The smallest absolute Gasteiger partial charge is 0.248 e. The molecule has 5 nitrogen and oxygen atoms in total. The number of para-hydroxylation sites is 1. The average molecular weight is 313 g/mol. The van der Waals surface area contributed by atoms with Crippen molar-refractivity contribution in [3.8, 4) is 0 Å². The third kappa shape index (κ3) is 2.54. The third-order valence-electron chi connectivity index (χ3n) is 2.84. The Morgan fingerprint density at radius 3 is 2.89 bits per heavy atom. The zero-order chi connectivity index (χ0) is 13.1. The predicted molar refractivity (Wildman–Crippen MR) is 69.8 cm³/mol. The minimum absolute atomic E-state index is 0.0573. The van der Waals surface area contributed by atoms with Gasteiger partial charge in [0.15, 0.2) is 0 Å². The fraction of sp³-hybridized carbons (Fsp3) is 0.333. The Morgan fingerprint density at radius 2 is 2.22 bits per heavy atom. The van der Waals surface area contributed by atoms with E-state index in [-0.39, 0.29) is 24.2 Å². The molecule has 1 atom stereocenters. The molecule has 1 aromatic carbocycles. The number of carbonyl (C=O) groups is 2. The molecule has 1 aromatic rings. The molecule has 1 aliphatic heterocycles. The van der Waals surface area contributed by atoms with Gasteiger partial charge in [-0.1, -0.05) is 12.1 Å². The van der Waals surface area contributed by atoms with Crippen molar-refractivity contribution in [3.05, 3.63) is 28.7 Å². The highest BCUT2D eigenvalue weighted by Gasteiger charge is 2.35. The summed E-state index contributed by atoms with van der Waals surface area (Å²) in [6, 6.07) is 7.45. The molecule has 2 amide bonds. The van der Waals surface area contributed by atoms with Gasteiger partial charge < -0.3 is 4.90 Å². The summed E-state index contributed by atoms with van der Waals surface area (Å²) in [7, 11) is 1.38. The van der Waals surface area contributed by atoms with Crippen LogP contribution in [0, 0.1) is 5.92 Å². The first-order valence-electron chi connectivity index (χ1n) is 5.51. The largest absolute Gasteiger partial charge is 0.310 e. The van der Waals surface area contributed by atoms with Crippen LogP contribution < -0.4 is 10.4 Å². The van der Waals surface area contributed by atoms with Gasteiger partial charge in [-0.05, 0) is 28.1 Å². The zero-order valence-corrected chi connectivity index (χ0v) is 11.4. The van der Waals surface area contributed by atoms with Crippen LogP contribution in [0.15, 0.2) is 28.7 Å². The van der Waals surface area contributed by atoms with Crippen LogP contribution in [-0.4, -0.2) is 25.5 Å². The lowest BCUT2D eigenvalue weighted by Gasteiger charge is -2.18. The molecule has 1 saturated heterocycles. The fourth-order valence-electron chi connectivity index (χ4n) is 1.97. The molecule has 96 valence electrons. The minimum atomic E-state index is -0.371. The zero-order valence-electron chi connectivity index (χ0n) is 9.85. The Balaban J connectivity index is 2.15. The van der Waals surface area contributed by atoms with Crippen molar-refractivity contribution in [3.63, 3.8) is 0 Å². The molecule has 0 radical (unpaired) electrons. The second-order valence-corrected chi connectivity index (χ2v) is 4.88. The summed E-state index contributed by atoms with van der Waals surface area (Å²) in [5.74, 6) is -0.692. The number of hydrogen-bond acceptors (Lipinski definition) is 3. The first-order chi connectivity index (χ1) is 8.63. The molecule has 0 unspecified atom stereocenters. The summed E-state index contributed by atoms with van der Waals surface area (Å²) < 4.78 is 0.839. The van der Waals surface area contributed by atoms with E-state index in [1.165, 1.54) is 7.11 Å². The van der Waals surface area contributed by atoms with Crippen LogP contribution >= 0.6 is 15.9 Å². The van der Waals surface area contributed by atoms with Crippen molar-refractivity contribution in [2.45, 2.75) is 6.42 Å². The molecule has 0 aliphatic carbocycles. The molecule has 0 bridgehead atoms. The molecule has 0 aromatic heterocycles. The highest BCUT2D eigenvalue weighted by atomic mass is 79.9. The normalized spacial score (nSPS) is 19.1. The maximum Gasteiger partial charge on any atom is 0.248 e. The van der Waals surface area contributed by atoms with Crippen molar-refractivity contribution in [2.75, 3.05) is 18.6 Å². The van der Waals surface area contributed by atoms with Crippen molar-refractivity contribution >= 4 is 33.4 Å². The number of anilines is 1. The van der Waals surface area contributed by atoms with Gasteiger partial charge in [0.2, 0.25) is 11.8 Å². The maximum absolute atomic E-state index is 11.9. The van der Waals surface area contributed by atoms with Crippen molar-refractivity contribution < 1.29 is 14.4 Å². The number of nitrogens with zero attached hydrogens (tertiary/aromatic N) is 1. The van der Waals surface area contributed by atoms with E-state index in [4.69, 9.17) is 0 Å². The standard InChI is InChI=1S/C12H13BrN2O3/c1-18-14-12(17)8-6-11(16)15(7-8)10-5-3-2-4-9(10)13/h2-5,8H,6-7H2,1H3,(H,14,17)/t8-/m1/s1. The van der Waals surface area contributed by atoms with E-state index in [1.54, 1.807) is 4.90 Å². The molecular weight excluding hydrogens is 300 g/mol. The minimum Gasteiger partial charge on any atom is -0.310 e. The molecule has 6 heteroatoms. The molecule has 1 fully saturated rings. The van der Waals surface area contributed by atoms with E-state index in [2.05, 4.69) is 26.2 Å². The summed E-state index contributed by atoms with van der Waals surface area (Å²) in [5, 5.41) is 0. The Morgan fingerprint density at radius 1 is 1.50 bits per heavy atom. The molecule has 0 spiro atoms. The monoisotopic (exact) mass is 312 g/mol. The highest BCUT2D eigenvalue weighted by Crippen LogP contribution is 2.31. The van der Waals surface area contributed by atoms with E-state index < -0.39 is 0 Å². The average Bonchev–Trinajstić information content (AvgIpc) is 2.72. The number of hydrogen-bond donors (Lipinski definition) is 1. The van der Waals surface area contributed by atoms with Gasteiger partial charge in [0.25, 0.3) is 0 Å². The van der Waals surface area contributed by atoms with Gasteiger partial charge in [-0.25, -0.2) is 5.48 Å². The van der Waals surface area contributed by atoms with Crippen molar-refractivity contribution in [2.24, 2.45) is 5.92 Å². The fourth-order valence-corrected chi connectivity index (χ4v) is 2.47. The molecule has 2 rings (SSSR count). The Labute approximate surface area is 113 Å². The van der Waals surface area contributed by atoms with Gasteiger partial charge in [-0.2, -0.15) is 0 Å². The molecule has 1 heterocycles. The number of halogens is 1. The van der Waals surface area contributed by atoms with Crippen molar-refractivity contribution in [1.82, 2.24) is 5.48 Å². The number of amides is 2. The third-order valence-corrected chi connectivity index (χ3v) is 3.51. The van der Waals surface area contributed by atoms with Gasteiger partial charge >= 0.3 is 0 Å². The van der Waals surface area contributed by atoms with Gasteiger partial charge in [0.1, 0.15) is 0 Å². The topological polar surface area (TPSA) is 58.6 Å². The molecular formula is C12H13BrN2O3. The summed E-state index contributed by atoms with van der Waals surface area (Å²) in [6.07, 6.45) is 0.205. The molecule has 0 saturated carbocycles. The van der Waals surface area contributed by atoms with Crippen molar-refractivity contribution in [1.29, 1.82) is 0 Å². The summed E-state index contributed by atoms with van der Waals surface area (Å²) in [5.41, 5.74) is 3.05. The van der Waals surface area contributed by atoms with Crippen LogP contribution in [0.1, 0.15) is 6.42 Å². The van der Waals surface area contributed by atoms with E-state index in [9.17, 15) is 9.59 Å². The quantitative estimate of drug-likeness (QED) is 0.860.